The Hall–Kier alpha value is -1.10. The van der Waals surface area contributed by atoms with Gasteiger partial charge in [0.25, 0.3) is 0 Å². The number of nitrogens with one attached hydrogen (secondary N) is 1. The van der Waals surface area contributed by atoms with Crippen LogP contribution in [0.25, 0.3) is 0 Å². The number of nitrogens with zero attached hydrogens (tertiary/aromatic N) is 3. The van der Waals surface area contributed by atoms with E-state index in [1.165, 1.54) is 0 Å². The van der Waals surface area contributed by atoms with Crippen LogP contribution in [0.1, 0.15) is 6.92 Å². The fourth-order valence-corrected chi connectivity index (χ4v) is 0.572. The van der Waals surface area contributed by atoms with Crippen LogP contribution < -0.4 is 10.6 Å². The number of aliphatic hydroxyl groups is 1. The van der Waals surface area contributed by atoms with Crippen molar-refractivity contribution in [2.24, 2.45) is 10.2 Å². The lowest BCUT2D eigenvalue weighted by Crippen LogP contribution is -2.33. The van der Waals surface area contributed by atoms with Crippen LogP contribution in [0, 0.1) is 0 Å². The van der Waals surface area contributed by atoms with Crippen molar-refractivity contribution in [2.75, 3.05) is 13.2 Å². The summed E-state index contributed by atoms with van der Waals surface area (Å²) in [5, 5.41) is 22.5. The van der Waals surface area contributed by atoms with Crippen LogP contribution in [-0.4, -0.2) is 30.1 Å². The highest BCUT2D eigenvalue weighted by atomic mass is 16.3. The first-order valence-corrected chi connectivity index (χ1v) is 3.07. The number of amidine groups is 1. The fourth-order valence-electron chi connectivity index (χ4n) is 0.572. The van der Waals surface area contributed by atoms with Crippen molar-refractivity contribution in [1.29, 1.82) is 0 Å². The molecule has 2 N–H and O–H groups in total. The van der Waals surface area contributed by atoms with E-state index in [9.17, 15) is 0 Å². The van der Waals surface area contributed by atoms with Gasteiger partial charge in [0.15, 0.2) is 5.84 Å². The van der Waals surface area contributed by atoms with Gasteiger partial charge in [-0.25, -0.2) is 0 Å². The predicted molar refractivity (Wildman–Crippen MR) is 37.8 cm³/mol. The Morgan fingerprint density at radius 2 is 2.30 bits per heavy atom. The number of hydrogen-bond acceptors (Lipinski definition) is 4. The lowest BCUT2D eigenvalue weighted by Gasteiger charge is -1.98. The predicted octanol–water partition coefficient (Wildman–Crippen LogP) is -1.12. The van der Waals surface area contributed by atoms with Crippen molar-refractivity contribution >= 4 is 11.8 Å². The minimum atomic E-state index is -0.154. The molecule has 55 valence electrons. The molecule has 0 saturated carbocycles. The van der Waals surface area contributed by atoms with Crippen LogP contribution >= 0.6 is 0 Å². The van der Waals surface area contributed by atoms with Gasteiger partial charge in [-0.05, 0) is 6.92 Å². The monoisotopic (exact) mass is 141 g/mol. The van der Waals surface area contributed by atoms with Crippen LogP contribution in [0.3, 0.4) is 0 Å². The first-order chi connectivity index (χ1) is 4.86. The quantitative estimate of drug-likeness (QED) is 0.511. The maximum absolute atomic E-state index is 8.53. The van der Waals surface area contributed by atoms with E-state index in [1.807, 2.05) is 6.92 Å². The lowest BCUT2D eigenvalue weighted by molar-refractivity contribution is 0.354. The summed E-state index contributed by atoms with van der Waals surface area (Å²) in [5.41, 5.74) is 0. The molecular weight excluding hydrogens is 132 g/mol. The van der Waals surface area contributed by atoms with Gasteiger partial charge < -0.3 is 10.4 Å². The normalized spacial score (nSPS) is 15.8. The molecule has 1 aliphatic rings. The topological polar surface area (TPSA) is 71.1 Å². The third kappa shape index (κ3) is 1.44. The Bertz CT molecular complexity index is 174. The highest BCUT2D eigenvalue weighted by Crippen LogP contribution is 1.88. The number of rotatable bonds is 2. The summed E-state index contributed by atoms with van der Waals surface area (Å²) in [6.45, 7) is 2.55. The first kappa shape index (κ1) is 7.01. The van der Waals surface area contributed by atoms with Crippen LogP contribution in [-0.2, 0) is 0 Å². The second-order valence-corrected chi connectivity index (χ2v) is 1.74. The van der Waals surface area contributed by atoms with E-state index in [2.05, 4.69) is 20.8 Å². The largest absolute Gasteiger partial charge is 0.388 e. The summed E-state index contributed by atoms with van der Waals surface area (Å²) in [5.74, 6) is 0.836. The number of aliphatic hydroxyl groups excluding tert-OH is 1. The van der Waals surface area contributed by atoms with Crippen molar-refractivity contribution in [1.82, 2.24) is 10.6 Å². The summed E-state index contributed by atoms with van der Waals surface area (Å²) >= 11 is 0. The van der Waals surface area contributed by atoms with Gasteiger partial charge >= 0.3 is 0 Å². The number of hydrogen-bond donors (Lipinski definition) is 2. The van der Waals surface area contributed by atoms with E-state index in [0.29, 0.717) is 11.8 Å². The molecule has 0 aliphatic carbocycles. The fraction of sp³-hybridized carbons (Fsp3) is 0.600. The maximum atomic E-state index is 8.53. The Kier molecular flexibility index (Phi) is 2.22. The van der Waals surface area contributed by atoms with Gasteiger partial charge in [-0.15, -0.1) is 10.2 Å². The molecule has 1 heterocycles. The molecule has 0 bridgehead atoms. The van der Waals surface area contributed by atoms with Gasteiger partial charge in [-0.3, -0.25) is 0 Å². The van der Waals surface area contributed by atoms with E-state index in [-0.39, 0.29) is 6.61 Å². The molecule has 0 amide bonds. The van der Waals surface area contributed by atoms with Crippen LogP contribution in [0.4, 0.5) is 0 Å². The van der Waals surface area contributed by atoms with Crippen molar-refractivity contribution in [3.05, 3.63) is 0 Å². The van der Waals surface area contributed by atoms with E-state index in [1.54, 1.807) is 0 Å². The Morgan fingerprint density at radius 1 is 1.50 bits per heavy atom. The standard InChI is InChI=1S/C5H9N4O/c1-2-6-5-7-4(3-10)8-9-5/h10H,2-3H2,1H3,(H,6,9). The maximum Gasteiger partial charge on any atom is 0.244 e. The molecular formula is C5H9N4O. The van der Waals surface area contributed by atoms with E-state index >= 15 is 0 Å². The van der Waals surface area contributed by atoms with Gasteiger partial charge in [-0.1, -0.05) is 0 Å². The zero-order chi connectivity index (χ0) is 7.40. The zero-order valence-electron chi connectivity index (χ0n) is 5.70. The molecule has 0 unspecified atom stereocenters. The average molecular weight is 141 g/mol. The van der Waals surface area contributed by atoms with Gasteiger partial charge in [0, 0.05) is 6.54 Å². The first-order valence-electron chi connectivity index (χ1n) is 3.07. The third-order valence-electron chi connectivity index (χ3n) is 0.971. The molecule has 1 radical (unpaired) electrons. The van der Waals surface area contributed by atoms with Crippen LogP contribution in [0.5, 0.6) is 0 Å². The molecule has 0 aromatic carbocycles. The smallest absolute Gasteiger partial charge is 0.244 e. The summed E-state index contributed by atoms with van der Waals surface area (Å²) in [4.78, 5) is 0. The summed E-state index contributed by atoms with van der Waals surface area (Å²) < 4.78 is 0. The Balaban J connectivity index is 2.33. The van der Waals surface area contributed by atoms with Crippen molar-refractivity contribution in [2.45, 2.75) is 6.92 Å². The highest BCUT2D eigenvalue weighted by molar-refractivity contribution is 6.02. The van der Waals surface area contributed by atoms with E-state index in [4.69, 9.17) is 5.11 Å². The zero-order valence-corrected chi connectivity index (χ0v) is 5.70. The minimum Gasteiger partial charge on any atom is -0.388 e. The summed E-state index contributed by atoms with van der Waals surface area (Å²) in [7, 11) is 0. The summed E-state index contributed by atoms with van der Waals surface area (Å²) in [6, 6.07) is 0. The molecule has 0 atom stereocenters. The van der Waals surface area contributed by atoms with Crippen molar-refractivity contribution < 1.29 is 5.11 Å². The minimum absolute atomic E-state index is 0.154. The van der Waals surface area contributed by atoms with Crippen LogP contribution in [0.2, 0.25) is 0 Å². The number of guanidine groups is 1. The van der Waals surface area contributed by atoms with Crippen LogP contribution in [0.15, 0.2) is 10.2 Å². The second-order valence-electron chi connectivity index (χ2n) is 1.74. The molecule has 1 rings (SSSR count). The van der Waals surface area contributed by atoms with Gasteiger partial charge in [0.1, 0.15) is 6.61 Å². The molecule has 0 aromatic heterocycles. The van der Waals surface area contributed by atoms with E-state index in [0.717, 1.165) is 6.54 Å². The molecule has 0 saturated heterocycles. The molecule has 1 aliphatic heterocycles. The second kappa shape index (κ2) is 3.17. The SMILES string of the molecule is CCNC1=NN=C(CO)[N]1. The van der Waals surface area contributed by atoms with E-state index < -0.39 is 0 Å². The molecule has 0 fully saturated rings. The average Bonchev–Trinajstić information content (AvgIpc) is 2.37. The molecule has 0 spiro atoms. The summed E-state index contributed by atoms with van der Waals surface area (Å²) in [6.07, 6.45) is 0. The lowest BCUT2D eigenvalue weighted by atomic mass is 10.6. The third-order valence-corrected chi connectivity index (χ3v) is 0.971. The molecule has 0 aromatic rings. The van der Waals surface area contributed by atoms with Crippen molar-refractivity contribution in [3.63, 3.8) is 0 Å². The van der Waals surface area contributed by atoms with Gasteiger partial charge in [-0.2, -0.15) is 5.32 Å². The van der Waals surface area contributed by atoms with Gasteiger partial charge in [0.2, 0.25) is 5.96 Å². The molecule has 10 heavy (non-hydrogen) atoms. The highest BCUT2D eigenvalue weighted by Gasteiger charge is 2.10. The molecule has 5 nitrogen and oxygen atoms in total. The van der Waals surface area contributed by atoms with Gasteiger partial charge in [0.05, 0.1) is 0 Å². The van der Waals surface area contributed by atoms with Crippen molar-refractivity contribution in [3.8, 4) is 0 Å². The Labute approximate surface area is 58.8 Å². The Morgan fingerprint density at radius 3 is 2.80 bits per heavy atom. The molecule has 5 heteroatoms.